The van der Waals surface area contributed by atoms with Gasteiger partial charge in [0, 0.05) is 25.0 Å². The van der Waals surface area contributed by atoms with Crippen molar-refractivity contribution in [2.45, 2.75) is 58.8 Å². The molecule has 15 nitrogen and oxygen atoms in total. The Balaban J connectivity index is 0.000000337. The van der Waals surface area contributed by atoms with E-state index in [0.29, 0.717) is 104 Å². The molecule has 5 aromatic rings. The zero-order chi connectivity index (χ0) is 51.6. The maximum Gasteiger partial charge on any atom is 0.343 e. The van der Waals surface area contributed by atoms with E-state index in [1.165, 1.54) is 11.6 Å². The number of ether oxygens (including phenoxy) is 9. The standard InChI is InChI=1S/C33H36O10.C24H28O5/c1-4-18-41-42-22-7-20-37-28-12-14-29(15-13-28)39-24-40-31-17-16-30(23-25(31)3)43-33(35)26-8-10-27(11-9-26)36-19-6-21-38-32(34)5-2;1-3-19-9-13-22(14-10-19)29-24(26)20-11-15-21(16-12-20)27-17-7-5-6-8-18-28-23(25)4-2/h4-5,8-17,23H,1-2,6-7,18-22,24H2,3H3;4,9-16H,2-3,5-8,17-18H2,1H3. The average molecular weight is 989 g/mol. The third-order valence-electron chi connectivity index (χ3n) is 9.94. The van der Waals surface area contributed by atoms with Crippen LogP contribution in [-0.4, -0.2) is 76.9 Å². The Morgan fingerprint density at radius 3 is 1.42 bits per heavy atom. The Hall–Kier alpha value is -7.88. The number of rotatable bonds is 32. The van der Waals surface area contributed by atoms with E-state index in [-0.39, 0.29) is 19.4 Å². The van der Waals surface area contributed by atoms with Gasteiger partial charge in [0.2, 0.25) is 6.79 Å². The zero-order valence-corrected chi connectivity index (χ0v) is 41.1. The van der Waals surface area contributed by atoms with E-state index in [0.717, 1.165) is 43.7 Å². The maximum absolute atomic E-state index is 12.6. The third-order valence-corrected chi connectivity index (χ3v) is 9.94. The number of hydrogen-bond acceptors (Lipinski definition) is 15. The molecule has 0 amide bonds. The second-order valence-electron chi connectivity index (χ2n) is 15.4. The highest BCUT2D eigenvalue weighted by molar-refractivity contribution is 5.91. The molecule has 0 heterocycles. The Labute approximate surface area is 421 Å². The lowest BCUT2D eigenvalue weighted by Gasteiger charge is -2.12. The number of esters is 4. The first-order valence-electron chi connectivity index (χ1n) is 23.6. The molecular formula is C57H64O15. The van der Waals surface area contributed by atoms with Gasteiger partial charge in [0.05, 0.1) is 50.8 Å². The number of benzene rings is 5. The molecule has 0 aliphatic heterocycles. The van der Waals surface area contributed by atoms with Gasteiger partial charge in [-0.25, -0.2) is 29.0 Å². The Morgan fingerprint density at radius 2 is 0.903 bits per heavy atom. The molecule has 0 atom stereocenters. The minimum atomic E-state index is -0.502. The number of carbonyl (C=O) groups excluding carboxylic acids is 4. The summed E-state index contributed by atoms with van der Waals surface area (Å²) in [4.78, 5) is 56.6. The molecule has 0 spiro atoms. The van der Waals surface area contributed by atoms with Gasteiger partial charge in [-0.1, -0.05) is 38.3 Å². The third kappa shape index (κ3) is 22.7. The molecule has 72 heavy (non-hydrogen) atoms. The summed E-state index contributed by atoms with van der Waals surface area (Å²) in [5.41, 5.74) is 2.82. The summed E-state index contributed by atoms with van der Waals surface area (Å²) in [6, 6.07) is 33.3. The van der Waals surface area contributed by atoms with Crippen LogP contribution in [0.2, 0.25) is 0 Å². The van der Waals surface area contributed by atoms with Gasteiger partial charge in [0.1, 0.15) is 46.9 Å². The molecule has 0 radical (unpaired) electrons. The van der Waals surface area contributed by atoms with E-state index < -0.39 is 17.9 Å². The second-order valence-corrected chi connectivity index (χ2v) is 15.4. The van der Waals surface area contributed by atoms with Crippen LogP contribution in [0.15, 0.2) is 153 Å². The highest BCUT2D eigenvalue weighted by Crippen LogP contribution is 2.26. The SMILES string of the molecule is C=CC(=O)OCCCCCCOc1ccc(C(=O)Oc2ccc(CC)cc2)cc1.C=CCOOCCCOc1ccc(OCOc2ccc(OC(=O)c3ccc(OCCCOC(=O)C=C)cc3)cc2C)cc1. The number of carbonyl (C=O) groups is 4. The fraction of sp³-hybridized carbons (Fsp3) is 0.298. The first-order chi connectivity index (χ1) is 35.1. The largest absolute Gasteiger partial charge is 0.494 e. The van der Waals surface area contributed by atoms with E-state index >= 15 is 0 Å². The van der Waals surface area contributed by atoms with Crippen LogP contribution in [0.5, 0.6) is 40.2 Å². The van der Waals surface area contributed by atoms with Crippen LogP contribution < -0.4 is 33.2 Å². The van der Waals surface area contributed by atoms with Gasteiger partial charge in [-0.05, 0) is 153 Å². The quantitative estimate of drug-likeness (QED) is 0.00582. The summed E-state index contributed by atoms with van der Waals surface area (Å²) in [5.74, 6) is 2.42. The number of aryl methyl sites for hydroxylation is 2. The minimum Gasteiger partial charge on any atom is -0.494 e. The Bertz CT molecular complexity index is 2410. The number of unbranched alkanes of at least 4 members (excludes halogenated alkanes) is 3. The topological polar surface area (TPSA) is 170 Å². The van der Waals surface area contributed by atoms with E-state index in [4.69, 9.17) is 52.4 Å². The summed E-state index contributed by atoms with van der Waals surface area (Å²) in [5, 5.41) is 0. The summed E-state index contributed by atoms with van der Waals surface area (Å²) < 4.78 is 49.1. The van der Waals surface area contributed by atoms with Crippen LogP contribution in [0.25, 0.3) is 0 Å². The monoisotopic (exact) mass is 988 g/mol. The predicted molar refractivity (Wildman–Crippen MR) is 271 cm³/mol. The maximum atomic E-state index is 12.6. The van der Waals surface area contributed by atoms with E-state index in [1.807, 2.05) is 31.2 Å². The average Bonchev–Trinajstić information content (AvgIpc) is 3.40. The summed E-state index contributed by atoms with van der Waals surface area (Å²) >= 11 is 0. The van der Waals surface area contributed by atoms with Gasteiger partial charge in [-0.2, -0.15) is 0 Å². The molecule has 0 saturated carbocycles. The number of hydrogen-bond donors (Lipinski definition) is 0. The van der Waals surface area contributed by atoms with Gasteiger partial charge in [0.15, 0.2) is 0 Å². The summed E-state index contributed by atoms with van der Waals surface area (Å²) in [6.45, 7) is 17.0. The van der Waals surface area contributed by atoms with Gasteiger partial charge in [-0.15, -0.1) is 6.58 Å². The van der Waals surface area contributed by atoms with Crippen molar-refractivity contribution in [3.05, 3.63) is 175 Å². The van der Waals surface area contributed by atoms with Gasteiger partial charge in [-0.3, -0.25) is 0 Å². The lowest BCUT2D eigenvalue weighted by molar-refractivity contribution is -0.287. The molecule has 0 aromatic heterocycles. The molecule has 382 valence electrons. The van der Waals surface area contributed by atoms with Crippen LogP contribution >= 0.6 is 0 Å². The van der Waals surface area contributed by atoms with Gasteiger partial charge in [0.25, 0.3) is 0 Å². The Kier molecular flexibility index (Phi) is 26.5. The van der Waals surface area contributed by atoms with Crippen LogP contribution in [0.3, 0.4) is 0 Å². The highest BCUT2D eigenvalue weighted by atomic mass is 17.2. The van der Waals surface area contributed by atoms with Crippen LogP contribution in [0, 0.1) is 6.92 Å². The first-order valence-corrected chi connectivity index (χ1v) is 23.6. The Morgan fingerprint density at radius 1 is 0.458 bits per heavy atom. The van der Waals surface area contributed by atoms with Crippen LogP contribution in [-0.2, 0) is 35.3 Å². The molecule has 5 rings (SSSR count). The molecule has 0 bridgehead atoms. The van der Waals surface area contributed by atoms with Crippen molar-refractivity contribution in [2.75, 3.05) is 53.0 Å². The summed E-state index contributed by atoms with van der Waals surface area (Å²) in [7, 11) is 0. The molecule has 0 aliphatic rings. The minimum absolute atomic E-state index is 0.00336. The van der Waals surface area contributed by atoms with Gasteiger partial charge >= 0.3 is 23.9 Å². The van der Waals surface area contributed by atoms with Crippen molar-refractivity contribution in [3.63, 3.8) is 0 Å². The molecule has 0 fully saturated rings. The van der Waals surface area contributed by atoms with Crippen molar-refractivity contribution in [3.8, 4) is 40.2 Å². The lowest BCUT2D eigenvalue weighted by Crippen LogP contribution is -2.10. The molecule has 0 N–H and O–H groups in total. The summed E-state index contributed by atoms with van der Waals surface area (Å²) in [6.07, 6.45) is 9.76. The smallest absolute Gasteiger partial charge is 0.343 e. The van der Waals surface area contributed by atoms with Crippen LogP contribution in [0.1, 0.15) is 77.3 Å². The highest BCUT2D eigenvalue weighted by Gasteiger charge is 2.12. The van der Waals surface area contributed by atoms with Crippen LogP contribution in [0.4, 0.5) is 0 Å². The van der Waals surface area contributed by atoms with Crippen molar-refractivity contribution in [1.82, 2.24) is 0 Å². The predicted octanol–water partition coefficient (Wildman–Crippen LogP) is 11.2. The molecule has 15 heteroatoms. The lowest BCUT2D eigenvalue weighted by atomic mass is 10.2. The van der Waals surface area contributed by atoms with Crippen molar-refractivity contribution in [2.24, 2.45) is 0 Å². The second kappa shape index (κ2) is 33.6. The molecule has 0 aliphatic carbocycles. The fourth-order valence-corrected chi connectivity index (χ4v) is 6.06. The zero-order valence-electron chi connectivity index (χ0n) is 41.1. The molecule has 0 saturated heterocycles. The molecule has 5 aromatic carbocycles. The van der Waals surface area contributed by atoms with Gasteiger partial charge < -0.3 is 42.6 Å². The van der Waals surface area contributed by atoms with Crippen molar-refractivity contribution < 1.29 is 71.6 Å². The van der Waals surface area contributed by atoms with Crippen molar-refractivity contribution >= 4 is 23.9 Å². The molecular weight excluding hydrogens is 925 g/mol. The fourth-order valence-electron chi connectivity index (χ4n) is 6.06. The molecule has 0 unspecified atom stereocenters. The van der Waals surface area contributed by atoms with Crippen molar-refractivity contribution in [1.29, 1.82) is 0 Å². The van der Waals surface area contributed by atoms with E-state index in [2.05, 4.69) is 26.7 Å². The van der Waals surface area contributed by atoms with E-state index in [9.17, 15) is 19.2 Å². The van der Waals surface area contributed by atoms with E-state index in [1.54, 1.807) is 97.1 Å². The first kappa shape index (κ1) is 56.7. The normalized spacial score (nSPS) is 10.3.